The Bertz CT molecular complexity index is 1160. The van der Waals surface area contributed by atoms with Gasteiger partial charge in [-0.2, -0.15) is 0 Å². The molecule has 1 saturated carbocycles. The second-order valence-corrected chi connectivity index (χ2v) is 10.7. The molecule has 1 aliphatic carbocycles. The Morgan fingerprint density at radius 1 is 0.974 bits per heavy atom. The zero-order chi connectivity index (χ0) is 27.2. The molecule has 0 atom stereocenters. The van der Waals surface area contributed by atoms with Crippen LogP contribution in [0.2, 0.25) is 0 Å². The Labute approximate surface area is 230 Å². The second-order valence-electron chi connectivity index (χ2n) is 10.7. The standard InChI is InChI=1S/C30H39N5O4/c1-2-39-26-16-10-9-15-25(26)32-29(38)33-19-17-30(18-20-33)28(37)34(22-35(30)24-13-7-4-8-14-24)21-27(36)31-23-11-5-3-6-12-23/h4,7-10,13-16,23H,2-3,5-6,11-12,17-22H2,1H3,(H,31,36)(H,32,38). The van der Waals surface area contributed by atoms with E-state index in [1.54, 1.807) is 9.80 Å². The van der Waals surface area contributed by atoms with Crippen LogP contribution in [-0.2, 0) is 9.59 Å². The van der Waals surface area contributed by atoms with Crippen molar-refractivity contribution in [3.05, 3.63) is 54.6 Å². The van der Waals surface area contributed by atoms with E-state index in [2.05, 4.69) is 15.5 Å². The summed E-state index contributed by atoms with van der Waals surface area (Å²) in [6.07, 6.45) is 6.49. The molecule has 39 heavy (non-hydrogen) atoms. The van der Waals surface area contributed by atoms with Crippen LogP contribution < -0.4 is 20.3 Å². The molecular formula is C30H39N5O4. The monoisotopic (exact) mass is 533 g/mol. The lowest BCUT2D eigenvalue weighted by Gasteiger charge is -2.43. The fourth-order valence-corrected chi connectivity index (χ4v) is 6.14. The largest absolute Gasteiger partial charge is 0.492 e. The summed E-state index contributed by atoms with van der Waals surface area (Å²) in [5, 5.41) is 6.12. The molecule has 0 bridgehead atoms. The molecule has 2 aromatic rings. The van der Waals surface area contributed by atoms with Gasteiger partial charge in [0, 0.05) is 24.8 Å². The van der Waals surface area contributed by atoms with Crippen LogP contribution in [0.15, 0.2) is 54.6 Å². The van der Waals surface area contributed by atoms with E-state index < -0.39 is 5.54 Å². The van der Waals surface area contributed by atoms with Crippen LogP contribution >= 0.6 is 0 Å². The zero-order valence-electron chi connectivity index (χ0n) is 22.7. The number of hydrogen-bond acceptors (Lipinski definition) is 5. The fourth-order valence-electron chi connectivity index (χ4n) is 6.14. The number of piperidine rings is 1. The number of carbonyl (C=O) groups excluding carboxylic acids is 3. The number of ether oxygens (including phenoxy) is 1. The van der Waals surface area contributed by atoms with Crippen LogP contribution in [0.1, 0.15) is 51.9 Å². The van der Waals surface area contributed by atoms with Gasteiger partial charge >= 0.3 is 6.03 Å². The SMILES string of the molecule is CCOc1ccccc1NC(=O)N1CCC2(CC1)C(=O)N(CC(=O)NC1CCCCC1)CN2c1ccccc1. The van der Waals surface area contributed by atoms with Gasteiger partial charge in [-0.15, -0.1) is 0 Å². The third-order valence-electron chi connectivity index (χ3n) is 8.19. The van der Waals surface area contributed by atoms with Gasteiger partial charge in [0.05, 0.1) is 19.0 Å². The van der Waals surface area contributed by atoms with Gasteiger partial charge in [-0.25, -0.2) is 4.79 Å². The number of rotatable bonds is 7. The van der Waals surface area contributed by atoms with Crippen molar-refractivity contribution < 1.29 is 19.1 Å². The maximum atomic E-state index is 13.9. The van der Waals surface area contributed by atoms with Crippen LogP contribution in [-0.4, -0.2) is 72.1 Å². The van der Waals surface area contributed by atoms with Gasteiger partial charge in [-0.05, 0) is 56.9 Å². The number of likely N-dealkylation sites (tertiary alicyclic amines) is 1. The van der Waals surface area contributed by atoms with Crippen molar-refractivity contribution in [3.8, 4) is 5.75 Å². The number of amides is 4. The van der Waals surface area contributed by atoms with Gasteiger partial charge in [-0.1, -0.05) is 49.6 Å². The molecule has 0 unspecified atom stereocenters. The van der Waals surface area contributed by atoms with Crippen molar-refractivity contribution in [1.29, 1.82) is 0 Å². The predicted molar refractivity (Wildman–Crippen MR) is 151 cm³/mol. The summed E-state index contributed by atoms with van der Waals surface area (Å²) in [7, 11) is 0. The van der Waals surface area contributed by atoms with Crippen molar-refractivity contribution in [2.45, 2.75) is 63.5 Å². The first-order valence-electron chi connectivity index (χ1n) is 14.2. The molecule has 4 amide bonds. The lowest BCUT2D eigenvalue weighted by molar-refractivity contribution is -0.137. The molecule has 2 heterocycles. The van der Waals surface area contributed by atoms with Gasteiger partial charge in [0.15, 0.2) is 0 Å². The number of benzene rings is 2. The van der Waals surface area contributed by atoms with Crippen molar-refractivity contribution in [1.82, 2.24) is 15.1 Å². The van der Waals surface area contributed by atoms with E-state index in [-0.39, 0.29) is 30.4 Å². The summed E-state index contributed by atoms with van der Waals surface area (Å²) in [5.74, 6) is 0.502. The van der Waals surface area contributed by atoms with Gasteiger partial charge in [-0.3, -0.25) is 9.59 Å². The molecule has 5 rings (SSSR count). The van der Waals surface area contributed by atoms with E-state index in [1.165, 1.54) is 6.42 Å². The second kappa shape index (κ2) is 12.0. The van der Waals surface area contributed by atoms with Gasteiger partial charge in [0.25, 0.3) is 5.91 Å². The molecule has 3 aliphatic rings. The molecule has 9 nitrogen and oxygen atoms in total. The minimum Gasteiger partial charge on any atom is -0.492 e. The Morgan fingerprint density at radius 2 is 1.67 bits per heavy atom. The van der Waals surface area contributed by atoms with Crippen LogP contribution in [0, 0.1) is 0 Å². The van der Waals surface area contributed by atoms with Crippen LogP contribution in [0.25, 0.3) is 0 Å². The molecule has 0 aromatic heterocycles. The lowest BCUT2D eigenvalue weighted by Crippen LogP contribution is -2.58. The Morgan fingerprint density at radius 3 is 2.38 bits per heavy atom. The third-order valence-corrected chi connectivity index (χ3v) is 8.19. The van der Waals surface area contributed by atoms with E-state index in [9.17, 15) is 14.4 Å². The first kappa shape index (κ1) is 26.8. The zero-order valence-corrected chi connectivity index (χ0v) is 22.7. The molecule has 3 fully saturated rings. The minimum atomic E-state index is -0.785. The van der Waals surface area contributed by atoms with E-state index in [0.29, 0.717) is 50.6 Å². The topological polar surface area (TPSA) is 94.2 Å². The highest BCUT2D eigenvalue weighted by Gasteiger charge is 2.54. The maximum absolute atomic E-state index is 13.9. The van der Waals surface area contributed by atoms with Gasteiger partial charge in [0.2, 0.25) is 5.91 Å². The summed E-state index contributed by atoms with van der Waals surface area (Å²) >= 11 is 0. The summed E-state index contributed by atoms with van der Waals surface area (Å²) in [4.78, 5) is 45.6. The van der Waals surface area contributed by atoms with Crippen LogP contribution in [0.3, 0.4) is 0 Å². The first-order valence-corrected chi connectivity index (χ1v) is 14.2. The molecule has 1 spiro atoms. The summed E-state index contributed by atoms with van der Waals surface area (Å²) < 4.78 is 5.65. The molecule has 2 aliphatic heterocycles. The highest BCUT2D eigenvalue weighted by molar-refractivity contribution is 5.97. The fraction of sp³-hybridized carbons (Fsp3) is 0.500. The molecule has 208 valence electrons. The van der Waals surface area contributed by atoms with E-state index in [1.807, 2.05) is 61.5 Å². The molecule has 2 saturated heterocycles. The first-order chi connectivity index (χ1) is 19.0. The van der Waals surface area contributed by atoms with Gasteiger partial charge in [0.1, 0.15) is 17.8 Å². The number of para-hydroxylation sites is 3. The third kappa shape index (κ3) is 5.82. The molecule has 2 N–H and O–H groups in total. The number of nitrogens with one attached hydrogen (secondary N) is 2. The highest BCUT2D eigenvalue weighted by atomic mass is 16.5. The van der Waals surface area contributed by atoms with E-state index in [0.717, 1.165) is 31.4 Å². The van der Waals surface area contributed by atoms with Crippen LogP contribution in [0.4, 0.5) is 16.2 Å². The summed E-state index contributed by atoms with van der Waals surface area (Å²) in [5.41, 5.74) is 0.791. The molecule has 9 heteroatoms. The number of urea groups is 1. The number of carbonyl (C=O) groups is 3. The number of anilines is 2. The maximum Gasteiger partial charge on any atom is 0.321 e. The summed E-state index contributed by atoms with van der Waals surface area (Å²) in [6.45, 7) is 3.68. The predicted octanol–water partition coefficient (Wildman–Crippen LogP) is 4.21. The average molecular weight is 534 g/mol. The molecule has 2 aromatic carbocycles. The molecule has 0 radical (unpaired) electrons. The van der Waals surface area contributed by atoms with Crippen molar-refractivity contribution in [3.63, 3.8) is 0 Å². The van der Waals surface area contributed by atoms with Crippen LogP contribution in [0.5, 0.6) is 5.75 Å². The summed E-state index contributed by atoms with van der Waals surface area (Å²) in [6, 6.07) is 17.3. The lowest BCUT2D eigenvalue weighted by atomic mass is 9.85. The van der Waals surface area contributed by atoms with Crippen molar-refractivity contribution in [2.24, 2.45) is 0 Å². The number of nitrogens with zero attached hydrogens (tertiary/aromatic N) is 3. The van der Waals surface area contributed by atoms with E-state index >= 15 is 0 Å². The normalized spacial score (nSPS) is 19.3. The van der Waals surface area contributed by atoms with Crippen molar-refractivity contribution >= 4 is 29.2 Å². The highest BCUT2D eigenvalue weighted by Crippen LogP contribution is 2.39. The Kier molecular flexibility index (Phi) is 8.24. The smallest absolute Gasteiger partial charge is 0.321 e. The van der Waals surface area contributed by atoms with E-state index in [4.69, 9.17) is 4.74 Å². The Hall–Kier alpha value is -3.75. The van der Waals surface area contributed by atoms with Gasteiger partial charge < -0.3 is 30.1 Å². The Balaban J connectivity index is 1.28. The quantitative estimate of drug-likeness (QED) is 0.556. The van der Waals surface area contributed by atoms with Crippen molar-refractivity contribution in [2.75, 3.05) is 43.1 Å². The molecular weight excluding hydrogens is 494 g/mol. The minimum absolute atomic E-state index is 0.0353. The average Bonchev–Trinajstić information content (AvgIpc) is 3.21. The number of hydrogen-bond donors (Lipinski definition) is 2.